The second-order valence-corrected chi connectivity index (χ2v) is 5.22. The van der Waals surface area contributed by atoms with E-state index in [-0.39, 0.29) is 0 Å². The van der Waals surface area contributed by atoms with Gasteiger partial charge in [0.05, 0.1) is 6.54 Å². The average Bonchev–Trinajstić information content (AvgIpc) is 2.42. The molecular formula is C16H28N4. The van der Waals surface area contributed by atoms with Crippen molar-refractivity contribution in [2.24, 2.45) is 10.7 Å². The molecule has 0 aliphatic heterocycles. The first-order chi connectivity index (χ1) is 9.47. The van der Waals surface area contributed by atoms with Crippen molar-refractivity contribution in [2.75, 3.05) is 25.0 Å². The predicted octanol–water partition coefficient (Wildman–Crippen LogP) is 2.76. The van der Waals surface area contributed by atoms with Crippen LogP contribution in [0.15, 0.2) is 23.2 Å². The van der Waals surface area contributed by atoms with Crippen LogP contribution in [0.5, 0.6) is 0 Å². The van der Waals surface area contributed by atoms with Gasteiger partial charge in [-0.3, -0.25) is 9.89 Å². The van der Waals surface area contributed by atoms with Gasteiger partial charge in [-0.25, -0.2) is 0 Å². The zero-order valence-corrected chi connectivity index (χ0v) is 13.4. The Morgan fingerprint density at radius 3 is 2.45 bits per heavy atom. The van der Waals surface area contributed by atoms with E-state index in [0.717, 1.165) is 18.8 Å². The van der Waals surface area contributed by atoms with Gasteiger partial charge in [0.2, 0.25) is 0 Å². The summed E-state index contributed by atoms with van der Waals surface area (Å²) in [6.07, 6.45) is 0. The highest BCUT2D eigenvalue weighted by atomic mass is 15.2. The van der Waals surface area contributed by atoms with Gasteiger partial charge in [0.1, 0.15) is 0 Å². The van der Waals surface area contributed by atoms with Gasteiger partial charge in [-0.2, -0.15) is 0 Å². The Hall–Kier alpha value is -1.55. The molecule has 1 aromatic rings. The number of hydrogen-bond donors (Lipinski definition) is 2. The molecule has 0 aliphatic rings. The minimum absolute atomic E-state index is 0.408. The van der Waals surface area contributed by atoms with Crippen molar-refractivity contribution >= 4 is 11.6 Å². The molecule has 1 unspecified atom stereocenters. The van der Waals surface area contributed by atoms with Gasteiger partial charge < -0.3 is 11.1 Å². The van der Waals surface area contributed by atoms with E-state index in [1.807, 2.05) is 6.07 Å². The summed E-state index contributed by atoms with van der Waals surface area (Å²) in [5, 5.41) is 3.15. The zero-order chi connectivity index (χ0) is 15.1. The highest BCUT2D eigenvalue weighted by molar-refractivity contribution is 5.92. The number of nitrogens with two attached hydrogens (primary N) is 1. The minimum Gasteiger partial charge on any atom is -0.370 e. The topological polar surface area (TPSA) is 53.6 Å². The lowest BCUT2D eigenvalue weighted by atomic mass is 10.1. The van der Waals surface area contributed by atoms with Gasteiger partial charge in [-0.05, 0) is 57.1 Å². The van der Waals surface area contributed by atoms with Crippen LogP contribution < -0.4 is 11.1 Å². The molecule has 3 N–H and O–H groups in total. The first kappa shape index (κ1) is 16.5. The van der Waals surface area contributed by atoms with E-state index < -0.39 is 0 Å². The van der Waals surface area contributed by atoms with E-state index in [2.05, 4.69) is 62.0 Å². The summed E-state index contributed by atoms with van der Waals surface area (Å²) < 4.78 is 0. The lowest BCUT2D eigenvalue weighted by Gasteiger charge is -2.24. The summed E-state index contributed by atoms with van der Waals surface area (Å²) in [4.78, 5) is 6.80. The summed E-state index contributed by atoms with van der Waals surface area (Å²) in [6, 6.07) is 6.61. The fraction of sp³-hybridized carbons (Fsp3) is 0.562. The third-order valence-corrected chi connectivity index (χ3v) is 3.74. The Bertz CT molecular complexity index is 450. The number of aliphatic imine (C=N–C) groups is 1. The van der Waals surface area contributed by atoms with Crippen LogP contribution in [-0.4, -0.2) is 36.5 Å². The molecule has 1 rings (SSSR count). The molecular weight excluding hydrogens is 248 g/mol. The molecule has 1 aromatic carbocycles. The Morgan fingerprint density at radius 2 is 1.90 bits per heavy atom. The Balaban J connectivity index is 2.59. The molecule has 0 radical (unpaired) electrons. The van der Waals surface area contributed by atoms with Crippen LogP contribution in [0.1, 0.15) is 31.9 Å². The summed E-state index contributed by atoms with van der Waals surface area (Å²) >= 11 is 0. The third kappa shape index (κ3) is 4.85. The lowest BCUT2D eigenvalue weighted by Crippen LogP contribution is -2.36. The van der Waals surface area contributed by atoms with Crippen molar-refractivity contribution in [3.8, 4) is 0 Å². The van der Waals surface area contributed by atoms with Gasteiger partial charge in [0.15, 0.2) is 5.96 Å². The summed E-state index contributed by atoms with van der Waals surface area (Å²) in [6.45, 7) is 13.5. The van der Waals surface area contributed by atoms with E-state index in [0.29, 0.717) is 18.5 Å². The molecule has 0 aromatic heterocycles. The monoisotopic (exact) mass is 276 g/mol. The number of guanidine groups is 1. The van der Waals surface area contributed by atoms with E-state index >= 15 is 0 Å². The number of hydrogen-bond acceptors (Lipinski definition) is 2. The molecule has 1 atom stereocenters. The van der Waals surface area contributed by atoms with Crippen LogP contribution in [0.4, 0.5) is 5.69 Å². The van der Waals surface area contributed by atoms with Crippen molar-refractivity contribution in [3.63, 3.8) is 0 Å². The maximum Gasteiger partial charge on any atom is 0.193 e. The molecule has 0 bridgehead atoms. The summed E-state index contributed by atoms with van der Waals surface area (Å²) in [5.74, 6) is 0.479. The highest BCUT2D eigenvalue weighted by Crippen LogP contribution is 2.13. The first-order valence-electron chi connectivity index (χ1n) is 7.36. The fourth-order valence-corrected chi connectivity index (χ4v) is 2.20. The van der Waals surface area contributed by atoms with Gasteiger partial charge >= 0.3 is 0 Å². The maximum absolute atomic E-state index is 5.95. The molecule has 4 heteroatoms. The highest BCUT2D eigenvalue weighted by Gasteiger charge is 2.09. The number of rotatable bonds is 6. The van der Waals surface area contributed by atoms with Crippen molar-refractivity contribution in [3.05, 3.63) is 29.3 Å². The number of likely N-dealkylation sites (N-methyl/N-ethyl adjacent to an activating group) is 1. The van der Waals surface area contributed by atoms with E-state index in [1.165, 1.54) is 11.1 Å². The molecule has 0 saturated heterocycles. The van der Waals surface area contributed by atoms with Gasteiger partial charge in [-0.15, -0.1) is 0 Å². The van der Waals surface area contributed by atoms with Crippen LogP contribution in [0.25, 0.3) is 0 Å². The van der Waals surface area contributed by atoms with Crippen LogP contribution >= 0.6 is 0 Å². The number of aryl methyl sites for hydroxylation is 2. The number of anilines is 1. The van der Waals surface area contributed by atoms with Crippen molar-refractivity contribution in [2.45, 2.75) is 40.7 Å². The van der Waals surface area contributed by atoms with Crippen molar-refractivity contribution < 1.29 is 0 Å². The second-order valence-electron chi connectivity index (χ2n) is 5.22. The smallest absolute Gasteiger partial charge is 0.193 e. The van der Waals surface area contributed by atoms with Crippen molar-refractivity contribution in [1.82, 2.24) is 4.90 Å². The fourth-order valence-electron chi connectivity index (χ4n) is 2.20. The molecule has 112 valence electrons. The summed E-state index contributed by atoms with van der Waals surface area (Å²) in [7, 11) is 0. The van der Waals surface area contributed by atoms with E-state index in [1.54, 1.807) is 0 Å². The maximum atomic E-state index is 5.95. The molecule has 0 aliphatic carbocycles. The molecule has 0 fully saturated rings. The van der Waals surface area contributed by atoms with Crippen molar-refractivity contribution in [1.29, 1.82) is 0 Å². The van der Waals surface area contributed by atoms with Crippen LogP contribution in [0, 0.1) is 13.8 Å². The largest absolute Gasteiger partial charge is 0.370 e. The summed E-state index contributed by atoms with van der Waals surface area (Å²) in [5.41, 5.74) is 9.46. The second kappa shape index (κ2) is 7.90. The standard InChI is InChI=1S/C16H28N4/c1-6-20(7-2)14(5)11-18-16(17)19-15-9-8-12(3)13(4)10-15/h8-10,14H,6-7,11H2,1-5H3,(H3,17,18,19). The third-order valence-electron chi connectivity index (χ3n) is 3.74. The number of benzene rings is 1. The zero-order valence-electron chi connectivity index (χ0n) is 13.4. The Morgan fingerprint density at radius 1 is 1.25 bits per heavy atom. The van der Waals surface area contributed by atoms with Gasteiger partial charge in [0.25, 0.3) is 0 Å². The number of nitrogens with zero attached hydrogens (tertiary/aromatic N) is 2. The molecule has 4 nitrogen and oxygen atoms in total. The van der Waals surface area contributed by atoms with E-state index in [9.17, 15) is 0 Å². The first-order valence-corrected chi connectivity index (χ1v) is 7.36. The van der Waals surface area contributed by atoms with E-state index in [4.69, 9.17) is 5.73 Å². The Kier molecular flexibility index (Phi) is 6.52. The molecule has 0 saturated carbocycles. The van der Waals surface area contributed by atoms with Gasteiger partial charge in [0, 0.05) is 11.7 Å². The van der Waals surface area contributed by atoms with Crippen LogP contribution in [0.3, 0.4) is 0 Å². The normalized spacial score (nSPS) is 13.6. The SMILES string of the molecule is CCN(CC)C(C)CN=C(N)Nc1ccc(C)c(C)c1. The molecule has 20 heavy (non-hydrogen) atoms. The quantitative estimate of drug-likeness (QED) is 0.620. The van der Waals surface area contributed by atoms with Crippen LogP contribution in [0.2, 0.25) is 0 Å². The molecule has 0 spiro atoms. The molecule has 0 amide bonds. The average molecular weight is 276 g/mol. The molecule has 0 heterocycles. The lowest BCUT2D eigenvalue weighted by molar-refractivity contribution is 0.237. The van der Waals surface area contributed by atoms with Crippen LogP contribution in [-0.2, 0) is 0 Å². The van der Waals surface area contributed by atoms with Gasteiger partial charge in [-0.1, -0.05) is 19.9 Å². The Labute approximate surface area is 123 Å². The predicted molar refractivity (Wildman–Crippen MR) is 88.4 cm³/mol. The minimum atomic E-state index is 0.408. The number of nitrogens with one attached hydrogen (secondary N) is 1.